The molecule has 0 aliphatic carbocycles. The van der Waals surface area contributed by atoms with Crippen LogP contribution in [0.3, 0.4) is 0 Å². The van der Waals surface area contributed by atoms with Crippen LogP contribution in [-0.4, -0.2) is 66.4 Å². The third-order valence-electron chi connectivity index (χ3n) is 7.83. The van der Waals surface area contributed by atoms with E-state index >= 15 is 0 Å². The zero-order valence-electron chi connectivity index (χ0n) is 22.0. The highest BCUT2D eigenvalue weighted by Crippen LogP contribution is 2.34. The number of benzene rings is 1. The molecule has 196 valence electrons. The Hall–Kier alpha value is -4.35. The van der Waals surface area contributed by atoms with Crippen LogP contribution in [0, 0.1) is 5.92 Å². The lowest BCUT2D eigenvalue weighted by molar-refractivity contribution is -0.113. The molecule has 12 heteroatoms. The van der Waals surface area contributed by atoms with E-state index in [1.54, 1.807) is 11.0 Å². The van der Waals surface area contributed by atoms with Crippen LogP contribution >= 0.6 is 0 Å². The molecule has 5 heterocycles. The summed E-state index contributed by atoms with van der Waals surface area (Å²) in [4.78, 5) is 26.7. The van der Waals surface area contributed by atoms with Gasteiger partial charge in [0.1, 0.15) is 17.8 Å². The molecule has 2 aliphatic heterocycles. The SMILES string of the molecule is CC[C@H]1CCCN(c2cc(-c3n[nH]c4ccc(NC(=O)C5=C(C)N(C)c6nnnn6[C@H]5C)cc34)ncn2)C1. The molecule has 3 aromatic heterocycles. The number of rotatable bonds is 5. The van der Waals surface area contributed by atoms with Crippen molar-refractivity contribution in [1.29, 1.82) is 0 Å². The van der Waals surface area contributed by atoms with Crippen molar-refractivity contribution in [3.8, 4) is 11.4 Å². The topological polar surface area (TPSA) is 134 Å². The number of carbonyl (C=O) groups excluding carboxylic acids is 1. The summed E-state index contributed by atoms with van der Waals surface area (Å²) in [5.74, 6) is 2.02. The van der Waals surface area contributed by atoms with Crippen molar-refractivity contribution in [3.63, 3.8) is 0 Å². The predicted octanol–water partition coefficient (Wildman–Crippen LogP) is 3.56. The molecule has 0 spiro atoms. The second kappa shape index (κ2) is 9.51. The van der Waals surface area contributed by atoms with Crippen molar-refractivity contribution in [1.82, 2.24) is 40.4 Å². The van der Waals surface area contributed by atoms with Gasteiger partial charge in [-0.2, -0.15) is 5.10 Å². The second-order valence-electron chi connectivity index (χ2n) is 10.1. The van der Waals surface area contributed by atoms with Crippen molar-refractivity contribution in [3.05, 3.63) is 41.9 Å². The van der Waals surface area contributed by atoms with E-state index in [2.05, 4.69) is 52.8 Å². The fourth-order valence-electron chi connectivity index (χ4n) is 5.51. The van der Waals surface area contributed by atoms with Gasteiger partial charge in [0.25, 0.3) is 5.91 Å². The van der Waals surface area contributed by atoms with Gasteiger partial charge in [-0.05, 0) is 61.2 Å². The van der Waals surface area contributed by atoms with Gasteiger partial charge in [0, 0.05) is 43.0 Å². The number of hydrogen-bond donors (Lipinski definition) is 2. The largest absolute Gasteiger partial charge is 0.356 e. The summed E-state index contributed by atoms with van der Waals surface area (Å²) in [6.07, 6.45) is 5.22. The molecule has 0 bridgehead atoms. The minimum absolute atomic E-state index is 0.202. The lowest BCUT2D eigenvalue weighted by atomic mass is 9.96. The number of carbonyl (C=O) groups is 1. The van der Waals surface area contributed by atoms with Gasteiger partial charge in [-0.25, -0.2) is 14.6 Å². The zero-order chi connectivity index (χ0) is 26.4. The van der Waals surface area contributed by atoms with Crippen molar-refractivity contribution >= 4 is 34.3 Å². The second-order valence-corrected chi connectivity index (χ2v) is 10.1. The average molecular weight is 514 g/mol. The van der Waals surface area contributed by atoms with Gasteiger partial charge in [-0.3, -0.25) is 9.89 Å². The van der Waals surface area contributed by atoms with Gasteiger partial charge < -0.3 is 15.1 Å². The third-order valence-corrected chi connectivity index (χ3v) is 7.83. The summed E-state index contributed by atoms with van der Waals surface area (Å²) in [6.45, 7) is 8.08. The van der Waals surface area contributed by atoms with Gasteiger partial charge in [-0.1, -0.05) is 18.4 Å². The van der Waals surface area contributed by atoms with Crippen molar-refractivity contribution < 1.29 is 4.79 Å². The van der Waals surface area contributed by atoms with E-state index in [4.69, 9.17) is 0 Å². The Labute approximate surface area is 220 Å². The van der Waals surface area contributed by atoms with E-state index < -0.39 is 0 Å². The zero-order valence-corrected chi connectivity index (χ0v) is 22.0. The van der Waals surface area contributed by atoms with E-state index in [-0.39, 0.29) is 11.9 Å². The molecule has 1 amide bonds. The van der Waals surface area contributed by atoms with Crippen LogP contribution < -0.4 is 15.1 Å². The van der Waals surface area contributed by atoms with Crippen LogP contribution in [0.1, 0.15) is 46.1 Å². The smallest absolute Gasteiger partial charge is 0.255 e. The normalized spacial score (nSPS) is 19.7. The summed E-state index contributed by atoms with van der Waals surface area (Å²) in [5.41, 5.74) is 4.41. The summed E-state index contributed by atoms with van der Waals surface area (Å²) in [5, 5.41) is 23.5. The van der Waals surface area contributed by atoms with Crippen molar-refractivity contribution in [2.45, 2.75) is 46.1 Å². The van der Waals surface area contributed by atoms with Gasteiger partial charge in [0.2, 0.25) is 5.95 Å². The molecule has 38 heavy (non-hydrogen) atoms. The first-order chi connectivity index (χ1) is 18.4. The minimum Gasteiger partial charge on any atom is -0.356 e. The number of aromatic nitrogens is 8. The molecule has 1 fully saturated rings. The number of anilines is 3. The molecule has 0 radical (unpaired) electrons. The first-order valence-electron chi connectivity index (χ1n) is 13.0. The van der Waals surface area contributed by atoms with Crippen LogP contribution in [0.5, 0.6) is 0 Å². The van der Waals surface area contributed by atoms with Gasteiger partial charge >= 0.3 is 0 Å². The highest BCUT2D eigenvalue weighted by molar-refractivity contribution is 6.07. The number of nitrogens with one attached hydrogen (secondary N) is 2. The number of piperidine rings is 1. The standard InChI is InChI=1S/C26H31N11O/c1-5-17-7-6-10-36(13-17)22-12-21(27-14-28-22)24-19-11-18(8-9-20(19)30-31-24)29-25(38)23-15(2)35(4)26-32-33-34-37(26)16(23)3/h8-9,11-12,14,16-17H,5-7,10,13H2,1-4H3,(H,29,38)(H,30,31)/t16-,17-/m0/s1. The Morgan fingerprint density at radius 1 is 1.24 bits per heavy atom. The highest BCUT2D eigenvalue weighted by atomic mass is 16.1. The lowest BCUT2D eigenvalue weighted by Gasteiger charge is -2.33. The summed E-state index contributed by atoms with van der Waals surface area (Å²) < 4.78 is 1.65. The number of allylic oxidation sites excluding steroid dienone is 1. The maximum Gasteiger partial charge on any atom is 0.255 e. The van der Waals surface area contributed by atoms with Crippen LogP contribution in [0.15, 0.2) is 41.9 Å². The van der Waals surface area contributed by atoms with Crippen LogP contribution in [-0.2, 0) is 4.79 Å². The Morgan fingerprint density at radius 3 is 2.95 bits per heavy atom. The molecule has 4 aromatic rings. The number of tetrazole rings is 1. The molecule has 12 nitrogen and oxygen atoms in total. The molecule has 2 aliphatic rings. The van der Waals surface area contributed by atoms with Gasteiger partial charge in [-0.15, -0.1) is 0 Å². The third kappa shape index (κ3) is 4.05. The number of amides is 1. The molecule has 0 unspecified atom stereocenters. The first kappa shape index (κ1) is 24.0. The number of hydrogen-bond acceptors (Lipinski definition) is 9. The van der Waals surface area contributed by atoms with Gasteiger partial charge in [0.15, 0.2) is 0 Å². The molecule has 1 aromatic carbocycles. The number of aromatic amines is 1. The molecule has 6 rings (SSSR count). The fraction of sp³-hybridized carbons (Fsp3) is 0.423. The van der Waals surface area contributed by atoms with Crippen molar-refractivity contribution in [2.24, 2.45) is 5.92 Å². The van der Waals surface area contributed by atoms with Crippen molar-refractivity contribution in [2.75, 3.05) is 35.3 Å². The monoisotopic (exact) mass is 513 g/mol. The van der Waals surface area contributed by atoms with Crippen LogP contribution in [0.4, 0.5) is 17.5 Å². The Morgan fingerprint density at radius 2 is 2.11 bits per heavy atom. The summed E-state index contributed by atoms with van der Waals surface area (Å²) in [6, 6.07) is 7.41. The summed E-state index contributed by atoms with van der Waals surface area (Å²) >= 11 is 0. The minimum atomic E-state index is -0.300. The Kier molecular flexibility index (Phi) is 6.01. The lowest BCUT2D eigenvalue weighted by Crippen LogP contribution is -2.35. The van der Waals surface area contributed by atoms with E-state index in [1.165, 1.54) is 19.3 Å². The quantitative estimate of drug-likeness (QED) is 0.411. The van der Waals surface area contributed by atoms with E-state index in [0.29, 0.717) is 23.1 Å². The van der Waals surface area contributed by atoms with E-state index in [1.807, 2.05) is 50.1 Å². The number of H-pyrrole nitrogens is 1. The summed E-state index contributed by atoms with van der Waals surface area (Å²) in [7, 11) is 1.85. The maximum atomic E-state index is 13.4. The van der Waals surface area contributed by atoms with E-state index in [9.17, 15) is 4.79 Å². The molecule has 2 N–H and O–H groups in total. The maximum absolute atomic E-state index is 13.4. The number of nitrogens with zero attached hydrogens (tertiary/aromatic N) is 9. The molecule has 1 saturated heterocycles. The van der Waals surface area contributed by atoms with Crippen LogP contribution in [0.2, 0.25) is 0 Å². The highest BCUT2D eigenvalue weighted by Gasteiger charge is 2.32. The molecule has 0 saturated carbocycles. The van der Waals surface area contributed by atoms with Crippen LogP contribution in [0.25, 0.3) is 22.3 Å². The predicted molar refractivity (Wildman–Crippen MR) is 145 cm³/mol. The molecular formula is C26H31N11O. The molecule has 2 atom stereocenters. The fourth-order valence-corrected chi connectivity index (χ4v) is 5.51. The number of fused-ring (bicyclic) bond motifs is 2. The Balaban J connectivity index is 1.28. The first-order valence-corrected chi connectivity index (χ1v) is 13.0. The van der Waals surface area contributed by atoms with E-state index in [0.717, 1.165) is 46.9 Å². The Bertz CT molecular complexity index is 1540. The average Bonchev–Trinajstić information content (AvgIpc) is 3.60. The van der Waals surface area contributed by atoms with Gasteiger partial charge in [0.05, 0.1) is 22.8 Å². The molecular weight excluding hydrogens is 482 g/mol.